The van der Waals surface area contributed by atoms with Gasteiger partial charge in [-0.05, 0) is 32.3 Å². The zero-order valence-corrected chi connectivity index (χ0v) is 16.2. The van der Waals surface area contributed by atoms with Crippen LogP contribution in [0.2, 0.25) is 0 Å². The Labute approximate surface area is 163 Å². The van der Waals surface area contributed by atoms with Gasteiger partial charge in [-0.15, -0.1) is 0 Å². The van der Waals surface area contributed by atoms with Gasteiger partial charge in [-0.25, -0.2) is 4.98 Å². The van der Waals surface area contributed by atoms with Crippen LogP contribution < -0.4 is 10.5 Å². The van der Waals surface area contributed by atoms with Gasteiger partial charge in [-0.2, -0.15) is 9.97 Å². The number of hydrogen-bond donors (Lipinski definition) is 1. The Hall–Kier alpha value is -2.71. The predicted octanol–water partition coefficient (Wildman–Crippen LogP) is 2.92. The van der Waals surface area contributed by atoms with Gasteiger partial charge in [0.05, 0.1) is 19.0 Å². The largest absolute Gasteiger partial charge is 0.471 e. The Balaban J connectivity index is 1.43. The number of nitrogens with two attached hydrogens (primary N) is 1. The molecule has 0 aliphatic carbocycles. The van der Waals surface area contributed by atoms with Crippen molar-refractivity contribution in [3.8, 4) is 5.88 Å². The molecule has 148 valence electrons. The monoisotopic (exact) mass is 383 g/mol. The minimum atomic E-state index is -0.487. The van der Waals surface area contributed by atoms with E-state index in [1.807, 2.05) is 48.7 Å². The third-order valence-corrected chi connectivity index (χ3v) is 4.66. The van der Waals surface area contributed by atoms with E-state index in [1.165, 1.54) is 0 Å². The van der Waals surface area contributed by atoms with Gasteiger partial charge in [0.15, 0.2) is 17.0 Å². The standard InChI is InChI=1S/C20H25N5O3/c1-20(2)27-12-15(28-20)9-6-10-25-13-22-16-17(25)23-19(21)24-18(16)26-11-14-7-4-3-5-8-14/h3-5,7-8,13,15H,6,9-12H2,1-2H3,(H2,21,23,24). The molecular formula is C20H25N5O3. The SMILES string of the molecule is CC1(C)OCC(CCCn2cnc3c(OCc4ccccc4)nc(N)nc32)O1. The number of nitrogens with zero attached hydrogens (tertiary/aromatic N) is 4. The molecular weight excluding hydrogens is 358 g/mol. The first-order valence-electron chi connectivity index (χ1n) is 9.47. The van der Waals surface area contributed by atoms with Gasteiger partial charge < -0.3 is 24.5 Å². The Bertz CT molecular complexity index is 942. The lowest BCUT2D eigenvalue weighted by Crippen LogP contribution is -2.21. The molecule has 8 heteroatoms. The van der Waals surface area contributed by atoms with Crippen molar-refractivity contribution in [3.05, 3.63) is 42.2 Å². The maximum atomic E-state index is 5.90. The zero-order chi connectivity index (χ0) is 19.6. The number of nitrogen functional groups attached to an aromatic ring is 1. The highest BCUT2D eigenvalue weighted by molar-refractivity contribution is 5.77. The quantitative estimate of drug-likeness (QED) is 0.670. The summed E-state index contributed by atoms with van der Waals surface area (Å²) in [5.74, 6) is 0.0879. The van der Waals surface area contributed by atoms with Crippen LogP contribution in [0, 0.1) is 0 Å². The summed E-state index contributed by atoms with van der Waals surface area (Å²) >= 11 is 0. The maximum absolute atomic E-state index is 5.90. The Kier molecular flexibility index (Phi) is 5.15. The van der Waals surface area contributed by atoms with Gasteiger partial charge >= 0.3 is 0 Å². The number of hydrogen-bond acceptors (Lipinski definition) is 7. The number of fused-ring (bicyclic) bond motifs is 1. The first-order chi connectivity index (χ1) is 13.5. The minimum Gasteiger partial charge on any atom is -0.471 e. The second-order valence-corrected chi connectivity index (χ2v) is 7.36. The summed E-state index contributed by atoms with van der Waals surface area (Å²) in [5, 5.41) is 0. The van der Waals surface area contributed by atoms with Crippen LogP contribution >= 0.6 is 0 Å². The molecule has 1 aromatic carbocycles. The smallest absolute Gasteiger partial charge is 0.247 e. The molecule has 0 spiro atoms. The fourth-order valence-electron chi connectivity index (χ4n) is 3.32. The molecule has 1 fully saturated rings. The van der Waals surface area contributed by atoms with E-state index in [2.05, 4.69) is 15.0 Å². The minimum absolute atomic E-state index is 0.120. The summed E-state index contributed by atoms with van der Waals surface area (Å²) in [7, 11) is 0. The number of imidazole rings is 1. The molecule has 1 aliphatic rings. The number of aryl methyl sites for hydroxylation is 1. The van der Waals surface area contributed by atoms with Crippen molar-refractivity contribution in [2.24, 2.45) is 0 Å². The lowest BCUT2D eigenvalue weighted by molar-refractivity contribution is -0.139. The normalized spacial score (nSPS) is 18.6. The molecule has 1 atom stereocenters. The van der Waals surface area contributed by atoms with Crippen molar-refractivity contribution < 1.29 is 14.2 Å². The van der Waals surface area contributed by atoms with E-state index in [4.69, 9.17) is 19.9 Å². The van der Waals surface area contributed by atoms with Gasteiger partial charge in [0, 0.05) is 6.54 Å². The molecule has 4 rings (SSSR count). The molecule has 0 saturated carbocycles. The molecule has 0 bridgehead atoms. The van der Waals surface area contributed by atoms with Crippen LogP contribution in [0.15, 0.2) is 36.7 Å². The lowest BCUT2D eigenvalue weighted by Gasteiger charge is -2.17. The van der Waals surface area contributed by atoms with E-state index in [9.17, 15) is 0 Å². The summed E-state index contributed by atoms with van der Waals surface area (Å²) < 4.78 is 19.3. The molecule has 0 amide bonds. The second kappa shape index (κ2) is 7.73. The highest BCUT2D eigenvalue weighted by Gasteiger charge is 2.32. The van der Waals surface area contributed by atoms with E-state index in [1.54, 1.807) is 6.33 Å². The molecule has 0 radical (unpaired) electrons. The topological polar surface area (TPSA) is 97.3 Å². The Morgan fingerprint density at radius 1 is 1.25 bits per heavy atom. The third-order valence-electron chi connectivity index (χ3n) is 4.66. The third kappa shape index (κ3) is 4.23. The summed E-state index contributed by atoms with van der Waals surface area (Å²) in [5.41, 5.74) is 8.25. The first-order valence-corrected chi connectivity index (χ1v) is 9.47. The Morgan fingerprint density at radius 2 is 2.07 bits per heavy atom. The fourth-order valence-corrected chi connectivity index (χ4v) is 3.32. The predicted molar refractivity (Wildman–Crippen MR) is 105 cm³/mol. The molecule has 2 N–H and O–H groups in total. The number of rotatable bonds is 7. The van der Waals surface area contributed by atoms with E-state index < -0.39 is 5.79 Å². The summed E-state index contributed by atoms with van der Waals surface area (Å²) in [4.78, 5) is 13.0. The van der Waals surface area contributed by atoms with Crippen LogP contribution in [0.25, 0.3) is 11.2 Å². The van der Waals surface area contributed by atoms with Crippen LogP contribution in [0.3, 0.4) is 0 Å². The summed E-state index contributed by atoms with van der Waals surface area (Å²) in [6, 6.07) is 9.90. The van der Waals surface area contributed by atoms with Crippen LogP contribution in [0.1, 0.15) is 32.3 Å². The number of anilines is 1. The van der Waals surface area contributed by atoms with E-state index in [0.29, 0.717) is 30.3 Å². The van der Waals surface area contributed by atoms with Crippen molar-refractivity contribution >= 4 is 17.1 Å². The number of ether oxygens (including phenoxy) is 3. The average molecular weight is 383 g/mol. The average Bonchev–Trinajstić information content (AvgIpc) is 3.23. The van der Waals surface area contributed by atoms with Crippen molar-refractivity contribution in [2.75, 3.05) is 12.3 Å². The molecule has 1 saturated heterocycles. The van der Waals surface area contributed by atoms with Gasteiger partial charge in [-0.1, -0.05) is 30.3 Å². The van der Waals surface area contributed by atoms with Crippen molar-refractivity contribution in [1.82, 2.24) is 19.5 Å². The molecule has 28 heavy (non-hydrogen) atoms. The van der Waals surface area contributed by atoms with Crippen molar-refractivity contribution in [1.29, 1.82) is 0 Å². The molecule has 8 nitrogen and oxygen atoms in total. The molecule has 2 aromatic heterocycles. The lowest BCUT2D eigenvalue weighted by atomic mass is 10.2. The molecule has 3 heterocycles. The first kappa shape index (κ1) is 18.6. The van der Waals surface area contributed by atoms with Gasteiger partial charge in [-0.3, -0.25) is 0 Å². The van der Waals surface area contributed by atoms with Crippen LogP contribution in [0.5, 0.6) is 5.88 Å². The molecule has 1 unspecified atom stereocenters. The summed E-state index contributed by atoms with van der Waals surface area (Å²) in [6.45, 7) is 5.66. The fraction of sp³-hybridized carbons (Fsp3) is 0.450. The Morgan fingerprint density at radius 3 is 2.82 bits per heavy atom. The van der Waals surface area contributed by atoms with Gasteiger partial charge in [0.1, 0.15) is 6.61 Å². The zero-order valence-electron chi connectivity index (χ0n) is 16.2. The molecule has 1 aliphatic heterocycles. The maximum Gasteiger partial charge on any atom is 0.247 e. The van der Waals surface area contributed by atoms with Crippen LogP contribution in [0.4, 0.5) is 5.95 Å². The number of aromatic nitrogens is 4. The highest BCUT2D eigenvalue weighted by atomic mass is 16.7. The number of benzene rings is 1. The van der Waals surface area contributed by atoms with Gasteiger partial charge in [0.2, 0.25) is 11.8 Å². The molecule has 3 aromatic rings. The van der Waals surface area contributed by atoms with Gasteiger partial charge in [0.25, 0.3) is 0 Å². The van der Waals surface area contributed by atoms with Crippen LogP contribution in [-0.4, -0.2) is 38.0 Å². The second-order valence-electron chi connectivity index (χ2n) is 7.36. The summed E-state index contributed by atoms with van der Waals surface area (Å²) in [6.07, 6.45) is 3.69. The van der Waals surface area contributed by atoms with E-state index in [-0.39, 0.29) is 12.1 Å². The van der Waals surface area contributed by atoms with Crippen molar-refractivity contribution in [2.45, 2.75) is 51.7 Å². The van der Waals surface area contributed by atoms with E-state index >= 15 is 0 Å². The van der Waals surface area contributed by atoms with E-state index in [0.717, 1.165) is 24.9 Å². The van der Waals surface area contributed by atoms with Crippen LogP contribution in [-0.2, 0) is 22.6 Å². The highest BCUT2D eigenvalue weighted by Crippen LogP contribution is 2.26. The van der Waals surface area contributed by atoms with Crippen molar-refractivity contribution in [3.63, 3.8) is 0 Å².